The van der Waals surface area contributed by atoms with Gasteiger partial charge in [-0.1, -0.05) is 0 Å². The van der Waals surface area contributed by atoms with Gasteiger partial charge in [-0.05, 0) is 19.3 Å². The maximum Gasteiger partial charge on any atom is 0.0932 e. The Hall–Kier alpha value is -0.450. The first-order valence-corrected chi connectivity index (χ1v) is 5.78. The molecule has 78 valence electrons. The zero-order valence-electron chi connectivity index (χ0n) is 8.27. The van der Waals surface area contributed by atoms with Crippen LogP contribution in [0.3, 0.4) is 0 Å². The van der Waals surface area contributed by atoms with E-state index in [1.165, 1.54) is 0 Å². The van der Waals surface area contributed by atoms with Crippen molar-refractivity contribution in [1.29, 1.82) is 0 Å². The fourth-order valence-electron chi connectivity index (χ4n) is 1.60. The predicted molar refractivity (Wildman–Crippen MR) is 55.4 cm³/mol. The van der Waals surface area contributed by atoms with Gasteiger partial charge in [0.1, 0.15) is 0 Å². The third-order valence-electron chi connectivity index (χ3n) is 2.47. The first-order valence-electron chi connectivity index (χ1n) is 4.96. The number of aromatic nitrogens is 1. The van der Waals surface area contributed by atoms with Crippen molar-refractivity contribution < 1.29 is 9.84 Å². The number of ether oxygens (including phenoxy) is 1. The van der Waals surface area contributed by atoms with E-state index in [0.717, 1.165) is 35.9 Å². The molecule has 2 rings (SSSR count). The third kappa shape index (κ3) is 2.32. The zero-order valence-corrected chi connectivity index (χ0v) is 9.09. The van der Waals surface area contributed by atoms with E-state index >= 15 is 0 Å². The summed E-state index contributed by atoms with van der Waals surface area (Å²) in [4.78, 5) is 5.26. The van der Waals surface area contributed by atoms with Crippen LogP contribution in [0.2, 0.25) is 0 Å². The Labute approximate surface area is 87.7 Å². The van der Waals surface area contributed by atoms with Crippen molar-refractivity contribution in [2.75, 3.05) is 13.2 Å². The van der Waals surface area contributed by atoms with Crippen molar-refractivity contribution in [2.45, 2.75) is 25.9 Å². The van der Waals surface area contributed by atoms with Crippen LogP contribution in [0.25, 0.3) is 0 Å². The number of aliphatic hydroxyl groups excluding tert-OH is 1. The normalized spacial score (nSPS) is 24.0. The molecule has 1 saturated heterocycles. The minimum Gasteiger partial charge on any atom is -0.388 e. The van der Waals surface area contributed by atoms with Crippen LogP contribution in [-0.4, -0.2) is 23.3 Å². The Morgan fingerprint density at radius 1 is 1.79 bits per heavy atom. The van der Waals surface area contributed by atoms with Crippen LogP contribution >= 0.6 is 11.3 Å². The summed E-state index contributed by atoms with van der Waals surface area (Å²) in [5, 5.41) is 10.5. The van der Waals surface area contributed by atoms with Gasteiger partial charge in [-0.25, -0.2) is 4.98 Å². The fourth-order valence-corrected chi connectivity index (χ4v) is 2.58. The lowest BCUT2D eigenvalue weighted by atomic mass is 10.1. The average molecular weight is 213 g/mol. The second-order valence-corrected chi connectivity index (χ2v) is 4.91. The summed E-state index contributed by atoms with van der Waals surface area (Å²) in [5.41, 5.74) is 0. The molecule has 0 aliphatic carbocycles. The Balaban J connectivity index is 1.95. The van der Waals surface area contributed by atoms with E-state index in [-0.39, 0.29) is 6.10 Å². The SMILES string of the molecule is CC(O)c1cnc(CC2CCOC2)s1. The topological polar surface area (TPSA) is 42.4 Å². The molecule has 1 fully saturated rings. The van der Waals surface area contributed by atoms with Gasteiger partial charge in [0.2, 0.25) is 0 Å². The van der Waals surface area contributed by atoms with E-state index in [9.17, 15) is 5.11 Å². The average Bonchev–Trinajstić information content (AvgIpc) is 2.75. The molecule has 1 aromatic rings. The molecule has 14 heavy (non-hydrogen) atoms. The second-order valence-electron chi connectivity index (χ2n) is 3.77. The van der Waals surface area contributed by atoms with Gasteiger partial charge in [0, 0.05) is 25.8 Å². The summed E-state index contributed by atoms with van der Waals surface area (Å²) >= 11 is 1.61. The largest absolute Gasteiger partial charge is 0.388 e. The highest BCUT2D eigenvalue weighted by molar-refractivity contribution is 7.11. The molecule has 4 heteroatoms. The van der Waals surface area contributed by atoms with Crippen LogP contribution < -0.4 is 0 Å². The van der Waals surface area contributed by atoms with Gasteiger partial charge in [0.15, 0.2) is 0 Å². The standard InChI is InChI=1S/C10H15NO2S/c1-7(12)9-5-11-10(14-9)4-8-2-3-13-6-8/h5,7-8,12H,2-4,6H2,1H3. The molecule has 2 unspecified atom stereocenters. The summed E-state index contributed by atoms with van der Waals surface area (Å²) in [6, 6.07) is 0. The molecule has 2 atom stereocenters. The molecular formula is C10H15NO2S. The molecule has 0 radical (unpaired) electrons. The molecule has 1 N–H and O–H groups in total. The highest BCUT2D eigenvalue weighted by Gasteiger charge is 2.18. The maximum atomic E-state index is 9.34. The summed E-state index contributed by atoms with van der Waals surface area (Å²) in [6.07, 6.45) is 3.53. The Kier molecular flexibility index (Phi) is 3.15. The lowest BCUT2D eigenvalue weighted by molar-refractivity contribution is 0.186. The molecule has 1 aliphatic heterocycles. The summed E-state index contributed by atoms with van der Waals surface area (Å²) < 4.78 is 5.31. The minimum atomic E-state index is -0.388. The van der Waals surface area contributed by atoms with Crippen LogP contribution in [0.15, 0.2) is 6.20 Å². The Morgan fingerprint density at radius 3 is 3.21 bits per heavy atom. The van der Waals surface area contributed by atoms with Gasteiger partial charge in [-0.3, -0.25) is 0 Å². The highest BCUT2D eigenvalue weighted by Crippen LogP contribution is 2.24. The lowest BCUT2D eigenvalue weighted by Crippen LogP contribution is -2.02. The minimum absolute atomic E-state index is 0.388. The number of thiazole rings is 1. The van der Waals surface area contributed by atoms with Gasteiger partial charge in [0.25, 0.3) is 0 Å². The molecule has 0 saturated carbocycles. The van der Waals surface area contributed by atoms with Gasteiger partial charge in [-0.15, -0.1) is 11.3 Å². The van der Waals surface area contributed by atoms with Gasteiger partial charge < -0.3 is 9.84 Å². The fraction of sp³-hybridized carbons (Fsp3) is 0.700. The Bertz CT molecular complexity index is 292. The number of aliphatic hydroxyl groups is 1. The quantitative estimate of drug-likeness (QED) is 0.832. The van der Waals surface area contributed by atoms with Crippen LogP contribution in [0.4, 0.5) is 0 Å². The summed E-state index contributed by atoms with van der Waals surface area (Å²) in [6.45, 7) is 3.53. The third-order valence-corrected chi connectivity index (χ3v) is 3.66. The highest BCUT2D eigenvalue weighted by atomic mass is 32.1. The van der Waals surface area contributed by atoms with Crippen molar-refractivity contribution in [3.63, 3.8) is 0 Å². The summed E-state index contributed by atoms with van der Waals surface area (Å²) in [5.74, 6) is 0.628. The molecule has 0 aromatic carbocycles. The first-order chi connectivity index (χ1) is 6.75. The molecule has 2 heterocycles. The monoisotopic (exact) mass is 213 g/mol. The second kappa shape index (κ2) is 4.38. The van der Waals surface area contributed by atoms with Crippen molar-refractivity contribution >= 4 is 11.3 Å². The van der Waals surface area contributed by atoms with E-state index in [1.807, 2.05) is 0 Å². The zero-order chi connectivity index (χ0) is 9.97. The molecule has 0 bridgehead atoms. The molecule has 1 aromatic heterocycles. The van der Waals surface area contributed by atoms with E-state index in [4.69, 9.17) is 4.74 Å². The van der Waals surface area contributed by atoms with Crippen molar-refractivity contribution in [2.24, 2.45) is 5.92 Å². The van der Waals surface area contributed by atoms with E-state index in [0.29, 0.717) is 5.92 Å². The lowest BCUT2D eigenvalue weighted by Gasteiger charge is -2.02. The van der Waals surface area contributed by atoms with Gasteiger partial charge >= 0.3 is 0 Å². The maximum absolute atomic E-state index is 9.34. The van der Waals surface area contributed by atoms with E-state index in [1.54, 1.807) is 24.5 Å². The molecule has 0 spiro atoms. The van der Waals surface area contributed by atoms with Crippen LogP contribution in [-0.2, 0) is 11.2 Å². The number of hydrogen-bond acceptors (Lipinski definition) is 4. The number of rotatable bonds is 3. The van der Waals surface area contributed by atoms with Crippen LogP contribution in [0, 0.1) is 5.92 Å². The molecule has 3 nitrogen and oxygen atoms in total. The number of nitrogens with zero attached hydrogens (tertiary/aromatic N) is 1. The Morgan fingerprint density at radius 2 is 2.64 bits per heavy atom. The van der Waals surface area contributed by atoms with Crippen LogP contribution in [0.1, 0.15) is 29.3 Å². The summed E-state index contributed by atoms with van der Waals surface area (Å²) in [7, 11) is 0. The molecular weight excluding hydrogens is 198 g/mol. The smallest absolute Gasteiger partial charge is 0.0932 e. The molecule has 1 aliphatic rings. The van der Waals surface area contributed by atoms with Gasteiger partial charge in [0.05, 0.1) is 16.0 Å². The van der Waals surface area contributed by atoms with Gasteiger partial charge in [-0.2, -0.15) is 0 Å². The number of hydrogen-bond donors (Lipinski definition) is 1. The van der Waals surface area contributed by atoms with Crippen molar-refractivity contribution in [3.05, 3.63) is 16.1 Å². The predicted octanol–water partition coefficient (Wildman–Crippen LogP) is 1.78. The van der Waals surface area contributed by atoms with E-state index in [2.05, 4.69) is 4.98 Å². The van der Waals surface area contributed by atoms with E-state index < -0.39 is 0 Å². The van der Waals surface area contributed by atoms with Crippen molar-refractivity contribution in [1.82, 2.24) is 4.98 Å². The van der Waals surface area contributed by atoms with Crippen LogP contribution in [0.5, 0.6) is 0 Å². The van der Waals surface area contributed by atoms with Crippen molar-refractivity contribution in [3.8, 4) is 0 Å². The first kappa shape index (κ1) is 10.1. The molecule has 0 amide bonds.